The molecule has 0 heterocycles. The molecule has 0 aromatic rings. The van der Waals surface area contributed by atoms with Gasteiger partial charge in [-0.1, -0.05) is 6.58 Å². The summed E-state index contributed by atoms with van der Waals surface area (Å²) < 4.78 is 0. The van der Waals surface area contributed by atoms with Gasteiger partial charge < -0.3 is 10.6 Å². The second-order valence-corrected chi connectivity index (χ2v) is 1.30. The van der Waals surface area contributed by atoms with Crippen molar-refractivity contribution in [2.24, 2.45) is 0 Å². The molecule has 0 aliphatic carbocycles. The minimum Gasteiger partial charge on any atom is -0.394 e. The first-order chi connectivity index (χ1) is 3.91. The molecule has 46 valence electrons. The monoisotopic (exact) mass is 112 g/mol. The van der Waals surface area contributed by atoms with E-state index in [0.29, 0.717) is 0 Å². The van der Waals surface area contributed by atoms with Crippen LogP contribution in [0.15, 0.2) is 25.1 Å². The predicted octanol–water partition coefficient (Wildman–Crippen LogP) is 0.453. The third-order valence-electron chi connectivity index (χ3n) is 0.665. The lowest BCUT2D eigenvalue weighted by atomic mass is 10.6. The molecule has 2 nitrogen and oxygen atoms in total. The molecule has 0 bridgehead atoms. The molecule has 0 aliphatic heterocycles. The molecule has 0 saturated carbocycles. The van der Waals surface area contributed by atoms with Crippen LogP contribution < -0.4 is 10.6 Å². The summed E-state index contributed by atoms with van der Waals surface area (Å²) >= 11 is 0. The van der Waals surface area contributed by atoms with E-state index in [9.17, 15) is 0 Å². The Balaban J connectivity index is 2.90. The molecule has 0 aliphatic rings. The highest BCUT2D eigenvalue weighted by Crippen LogP contribution is 1.62. The van der Waals surface area contributed by atoms with Crippen LogP contribution in [0.25, 0.3) is 0 Å². The Hall–Kier alpha value is -0.920. The first-order valence-corrected chi connectivity index (χ1v) is 2.58. The summed E-state index contributed by atoms with van der Waals surface area (Å²) in [5.41, 5.74) is 0. The minimum atomic E-state index is 0.838. The Morgan fingerprint density at radius 1 is 1.62 bits per heavy atom. The number of nitrogens with one attached hydrogen (secondary N) is 2. The third kappa shape index (κ3) is 5.08. The smallest absolute Gasteiger partial charge is 0.0341 e. The molecule has 0 aromatic carbocycles. The average Bonchev–Trinajstić information content (AvgIpc) is 1.81. The highest BCUT2D eigenvalue weighted by atomic mass is 14.8. The molecule has 0 unspecified atom stereocenters. The fourth-order valence-electron chi connectivity index (χ4n) is 0.328. The fourth-order valence-corrected chi connectivity index (χ4v) is 0.328. The van der Waals surface area contributed by atoms with Crippen LogP contribution in [0.2, 0.25) is 0 Å². The Morgan fingerprint density at radius 3 is 2.88 bits per heavy atom. The van der Waals surface area contributed by atoms with Gasteiger partial charge in [0.15, 0.2) is 0 Å². The standard InChI is InChI=1S/C6H12N2/c1-3-8-6-4-5-7-2/h3-5,7-8H,1,6H2,2H3/b5-4-. The molecule has 2 N–H and O–H groups in total. The molecule has 0 spiro atoms. The molecule has 8 heavy (non-hydrogen) atoms. The van der Waals surface area contributed by atoms with E-state index < -0.39 is 0 Å². The van der Waals surface area contributed by atoms with E-state index in [4.69, 9.17) is 0 Å². The van der Waals surface area contributed by atoms with E-state index in [1.54, 1.807) is 6.20 Å². The highest BCUT2D eigenvalue weighted by Gasteiger charge is 1.65. The van der Waals surface area contributed by atoms with Gasteiger partial charge in [-0.3, -0.25) is 0 Å². The van der Waals surface area contributed by atoms with Crippen LogP contribution in [-0.4, -0.2) is 13.6 Å². The van der Waals surface area contributed by atoms with Gasteiger partial charge in [0.2, 0.25) is 0 Å². The maximum absolute atomic E-state index is 3.49. The summed E-state index contributed by atoms with van der Waals surface area (Å²) in [7, 11) is 1.87. The summed E-state index contributed by atoms with van der Waals surface area (Å²) in [6.07, 6.45) is 5.51. The Kier molecular flexibility index (Phi) is 5.38. The van der Waals surface area contributed by atoms with Crippen molar-refractivity contribution in [3.63, 3.8) is 0 Å². The molecule has 0 radical (unpaired) electrons. The minimum absolute atomic E-state index is 0.838. The van der Waals surface area contributed by atoms with Gasteiger partial charge in [-0.25, -0.2) is 0 Å². The van der Waals surface area contributed by atoms with Crippen molar-refractivity contribution in [1.29, 1.82) is 0 Å². The van der Waals surface area contributed by atoms with Crippen molar-refractivity contribution in [3.8, 4) is 0 Å². The first kappa shape index (κ1) is 7.08. The Morgan fingerprint density at radius 2 is 2.38 bits per heavy atom. The van der Waals surface area contributed by atoms with Crippen molar-refractivity contribution in [2.45, 2.75) is 0 Å². The van der Waals surface area contributed by atoms with Crippen molar-refractivity contribution in [3.05, 3.63) is 25.1 Å². The lowest BCUT2D eigenvalue weighted by Crippen LogP contribution is -2.04. The maximum atomic E-state index is 3.49. The normalized spacial score (nSPS) is 9.12. The summed E-state index contributed by atoms with van der Waals surface area (Å²) in [6.45, 7) is 4.33. The second-order valence-electron chi connectivity index (χ2n) is 1.30. The lowest BCUT2D eigenvalue weighted by Gasteiger charge is -1.89. The fraction of sp³-hybridized carbons (Fsp3) is 0.333. The van der Waals surface area contributed by atoms with Gasteiger partial charge in [0.05, 0.1) is 0 Å². The summed E-state index contributed by atoms with van der Waals surface area (Å²) in [5, 5.41) is 5.79. The Bertz CT molecular complexity index is 76.6. The maximum Gasteiger partial charge on any atom is 0.0341 e. The zero-order chi connectivity index (χ0) is 6.24. The summed E-state index contributed by atoms with van der Waals surface area (Å²) in [5.74, 6) is 0. The van der Waals surface area contributed by atoms with E-state index in [-0.39, 0.29) is 0 Å². The van der Waals surface area contributed by atoms with Crippen LogP contribution in [0.3, 0.4) is 0 Å². The van der Waals surface area contributed by atoms with E-state index in [1.807, 2.05) is 19.3 Å². The van der Waals surface area contributed by atoms with Crippen molar-refractivity contribution in [1.82, 2.24) is 10.6 Å². The first-order valence-electron chi connectivity index (χ1n) is 2.58. The van der Waals surface area contributed by atoms with Crippen LogP contribution in [0.4, 0.5) is 0 Å². The number of hydrogen-bond donors (Lipinski definition) is 2. The molecule has 0 atom stereocenters. The molecule has 0 aromatic heterocycles. The van der Waals surface area contributed by atoms with Crippen LogP contribution in [0.5, 0.6) is 0 Å². The lowest BCUT2D eigenvalue weighted by molar-refractivity contribution is 0.972. The highest BCUT2D eigenvalue weighted by molar-refractivity contribution is 4.82. The van der Waals surface area contributed by atoms with E-state index in [2.05, 4.69) is 17.2 Å². The zero-order valence-corrected chi connectivity index (χ0v) is 5.15. The summed E-state index contributed by atoms with van der Waals surface area (Å²) in [6, 6.07) is 0. The zero-order valence-electron chi connectivity index (χ0n) is 5.15. The van der Waals surface area contributed by atoms with Gasteiger partial charge in [0.25, 0.3) is 0 Å². The van der Waals surface area contributed by atoms with Crippen molar-refractivity contribution in [2.75, 3.05) is 13.6 Å². The molecule has 0 saturated heterocycles. The van der Waals surface area contributed by atoms with Crippen molar-refractivity contribution < 1.29 is 0 Å². The van der Waals surface area contributed by atoms with Crippen LogP contribution in [0.1, 0.15) is 0 Å². The predicted molar refractivity (Wildman–Crippen MR) is 36.4 cm³/mol. The van der Waals surface area contributed by atoms with Gasteiger partial charge >= 0.3 is 0 Å². The number of rotatable bonds is 4. The van der Waals surface area contributed by atoms with Crippen LogP contribution in [-0.2, 0) is 0 Å². The summed E-state index contributed by atoms with van der Waals surface area (Å²) in [4.78, 5) is 0. The van der Waals surface area contributed by atoms with Crippen LogP contribution in [0, 0.1) is 0 Å². The van der Waals surface area contributed by atoms with Gasteiger partial charge in [0.1, 0.15) is 0 Å². The molecular weight excluding hydrogens is 100 g/mol. The SMILES string of the molecule is C=CNC/C=C\NC. The average molecular weight is 112 g/mol. The molecule has 0 fully saturated rings. The molecule has 0 amide bonds. The van der Waals surface area contributed by atoms with Gasteiger partial charge in [0, 0.05) is 13.6 Å². The second kappa shape index (κ2) is 6.08. The third-order valence-corrected chi connectivity index (χ3v) is 0.665. The van der Waals surface area contributed by atoms with Crippen LogP contribution >= 0.6 is 0 Å². The van der Waals surface area contributed by atoms with E-state index >= 15 is 0 Å². The van der Waals surface area contributed by atoms with Gasteiger partial charge in [-0.2, -0.15) is 0 Å². The molecule has 0 rings (SSSR count). The molecular formula is C6H12N2. The van der Waals surface area contributed by atoms with Crippen molar-refractivity contribution >= 4 is 0 Å². The van der Waals surface area contributed by atoms with Gasteiger partial charge in [-0.15, -0.1) is 0 Å². The van der Waals surface area contributed by atoms with E-state index in [0.717, 1.165) is 6.54 Å². The van der Waals surface area contributed by atoms with E-state index in [1.165, 1.54) is 0 Å². The number of hydrogen-bond acceptors (Lipinski definition) is 2. The largest absolute Gasteiger partial charge is 0.394 e. The Labute approximate surface area is 50.3 Å². The van der Waals surface area contributed by atoms with Gasteiger partial charge in [-0.05, 0) is 18.5 Å². The molecule has 2 heteroatoms. The quantitative estimate of drug-likeness (QED) is 0.516. The topological polar surface area (TPSA) is 24.1 Å².